The lowest BCUT2D eigenvalue weighted by Gasteiger charge is -2.25. The largest absolute Gasteiger partial charge is 0.394 e. The molecule has 0 aliphatic heterocycles. The highest BCUT2D eigenvalue weighted by Gasteiger charge is 2.29. The Morgan fingerprint density at radius 1 is 1.07 bits per heavy atom. The summed E-state index contributed by atoms with van der Waals surface area (Å²) in [6.07, 6.45) is -4.19. The molecule has 0 fully saturated rings. The van der Waals surface area contributed by atoms with E-state index >= 15 is 0 Å². The lowest BCUT2D eigenvalue weighted by atomic mass is 10.0. The topological polar surface area (TPSA) is 113 Å². The number of hydrogen-bond acceptors (Lipinski definition) is 6. The van der Waals surface area contributed by atoms with E-state index < -0.39 is 31.0 Å². The molecule has 0 rings (SSSR count). The highest BCUT2D eigenvalue weighted by molar-refractivity contribution is 4.82. The number of aliphatic hydroxyl groups is 5. The summed E-state index contributed by atoms with van der Waals surface area (Å²) in [7, 11) is 0. The molecule has 15 heavy (non-hydrogen) atoms. The van der Waals surface area contributed by atoms with Gasteiger partial charge in [-0.25, -0.2) is 0 Å². The van der Waals surface area contributed by atoms with Crippen LogP contribution >= 0.6 is 0 Å². The SMILES string of the molecule is C=CCNC[C@@H](O)[C@@H](O)[C@H](O)[C@H](O)CO. The van der Waals surface area contributed by atoms with Crippen LogP contribution in [0.1, 0.15) is 0 Å². The van der Waals surface area contributed by atoms with Gasteiger partial charge in [0.25, 0.3) is 0 Å². The first kappa shape index (κ1) is 14.5. The van der Waals surface area contributed by atoms with E-state index in [4.69, 9.17) is 10.2 Å². The summed E-state index contributed by atoms with van der Waals surface area (Å²) in [5, 5.41) is 48.2. The average molecular weight is 221 g/mol. The summed E-state index contributed by atoms with van der Waals surface area (Å²) in [6.45, 7) is 3.29. The van der Waals surface area contributed by atoms with Crippen LogP contribution in [0.15, 0.2) is 12.7 Å². The molecule has 4 atom stereocenters. The Bertz CT molecular complexity index is 178. The Kier molecular flexibility index (Phi) is 7.49. The minimum atomic E-state index is -1.57. The van der Waals surface area contributed by atoms with Crippen molar-refractivity contribution in [1.29, 1.82) is 0 Å². The van der Waals surface area contributed by atoms with E-state index in [1.54, 1.807) is 6.08 Å². The molecule has 0 aliphatic carbocycles. The van der Waals surface area contributed by atoms with Gasteiger partial charge in [0.15, 0.2) is 0 Å². The fraction of sp³-hybridized carbons (Fsp3) is 0.778. The maximum Gasteiger partial charge on any atom is 0.111 e. The van der Waals surface area contributed by atoms with Gasteiger partial charge in [-0.1, -0.05) is 6.08 Å². The fourth-order valence-electron chi connectivity index (χ4n) is 1.02. The van der Waals surface area contributed by atoms with Crippen molar-refractivity contribution in [2.24, 2.45) is 0 Å². The molecule has 0 aromatic carbocycles. The van der Waals surface area contributed by atoms with Gasteiger partial charge in [0.2, 0.25) is 0 Å². The second-order valence-electron chi connectivity index (χ2n) is 3.25. The molecule has 0 radical (unpaired) electrons. The average Bonchev–Trinajstić information content (AvgIpc) is 2.26. The fourth-order valence-corrected chi connectivity index (χ4v) is 1.02. The Morgan fingerprint density at radius 2 is 1.60 bits per heavy atom. The molecule has 0 heterocycles. The lowest BCUT2D eigenvalue weighted by molar-refractivity contribution is -0.113. The number of aliphatic hydroxyl groups excluding tert-OH is 5. The summed E-state index contributed by atoms with van der Waals surface area (Å²) in [5.41, 5.74) is 0. The normalized spacial score (nSPS) is 19.3. The molecule has 0 aromatic heterocycles. The smallest absolute Gasteiger partial charge is 0.111 e. The van der Waals surface area contributed by atoms with E-state index in [1.165, 1.54) is 0 Å². The van der Waals surface area contributed by atoms with Crippen LogP contribution in [-0.4, -0.2) is 69.6 Å². The maximum atomic E-state index is 9.36. The van der Waals surface area contributed by atoms with Gasteiger partial charge < -0.3 is 30.8 Å². The third-order valence-corrected chi connectivity index (χ3v) is 1.97. The molecule has 6 nitrogen and oxygen atoms in total. The minimum absolute atomic E-state index is 0.0579. The second-order valence-corrected chi connectivity index (χ2v) is 3.25. The van der Waals surface area contributed by atoms with Gasteiger partial charge in [-0.05, 0) is 0 Å². The van der Waals surface area contributed by atoms with Crippen molar-refractivity contribution in [3.05, 3.63) is 12.7 Å². The van der Waals surface area contributed by atoms with Gasteiger partial charge in [-0.2, -0.15) is 0 Å². The van der Waals surface area contributed by atoms with Crippen molar-refractivity contribution in [3.8, 4) is 0 Å². The van der Waals surface area contributed by atoms with Crippen LogP contribution in [-0.2, 0) is 0 Å². The highest BCUT2D eigenvalue weighted by Crippen LogP contribution is 2.04. The maximum absolute atomic E-state index is 9.36. The van der Waals surface area contributed by atoms with E-state index in [1.807, 2.05) is 0 Å². The predicted octanol–water partition coefficient (Wildman–Crippen LogP) is -2.80. The van der Waals surface area contributed by atoms with Crippen LogP contribution in [0, 0.1) is 0 Å². The van der Waals surface area contributed by atoms with Crippen molar-refractivity contribution in [1.82, 2.24) is 5.32 Å². The predicted molar refractivity (Wildman–Crippen MR) is 54.2 cm³/mol. The third kappa shape index (κ3) is 5.22. The summed E-state index contributed by atoms with van der Waals surface area (Å²) in [4.78, 5) is 0. The van der Waals surface area contributed by atoms with E-state index in [-0.39, 0.29) is 6.54 Å². The number of nitrogens with one attached hydrogen (secondary N) is 1. The molecule has 0 unspecified atom stereocenters. The Balaban J connectivity index is 3.95. The van der Waals surface area contributed by atoms with Gasteiger partial charge in [0.1, 0.15) is 18.3 Å². The van der Waals surface area contributed by atoms with E-state index in [0.717, 1.165) is 0 Å². The molecular weight excluding hydrogens is 202 g/mol. The molecule has 0 spiro atoms. The molecule has 90 valence electrons. The monoisotopic (exact) mass is 221 g/mol. The first-order valence-electron chi connectivity index (χ1n) is 4.69. The summed E-state index contributed by atoms with van der Waals surface area (Å²) in [5.74, 6) is 0. The summed E-state index contributed by atoms with van der Waals surface area (Å²) < 4.78 is 0. The Morgan fingerprint density at radius 3 is 2.07 bits per heavy atom. The molecule has 0 aromatic rings. The second kappa shape index (κ2) is 7.75. The van der Waals surface area contributed by atoms with Crippen molar-refractivity contribution in [2.75, 3.05) is 19.7 Å². The van der Waals surface area contributed by atoms with Crippen LogP contribution < -0.4 is 5.32 Å². The third-order valence-electron chi connectivity index (χ3n) is 1.97. The highest BCUT2D eigenvalue weighted by atomic mass is 16.4. The van der Waals surface area contributed by atoms with Crippen LogP contribution in [0.25, 0.3) is 0 Å². The Labute approximate surface area is 88.5 Å². The van der Waals surface area contributed by atoms with Gasteiger partial charge in [-0.3, -0.25) is 0 Å². The van der Waals surface area contributed by atoms with Gasteiger partial charge >= 0.3 is 0 Å². The molecule has 0 aliphatic rings. The first-order valence-corrected chi connectivity index (χ1v) is 4.69. The summed E-state index contributed by atoms with van der Waals surface area (Å²) >= 11 is 0. The van der Waals surface area contributed by atoms with Gasteiger partial charge in [0.05, 0.1) is 12.7 Å². The van der Waals surface area contributed by atoms with Gasteiger partial charge in [0, 0.05) is 13.1 Å². The summed E-state index contributed by atoms with van der Waals surface area (Å²) in [6, 6.07) is 0. The molecule has 6 heteroatoms. The molecule has 0 saturated carbocycles. The van der Waals surface area contributed by atoms with Crippen LogP contribution in [0.5, 0.6) is 0 Å². The zero-order chi connectivity index (χ0) is 11.8. The first-order chi connectivity index (χ1) is 7.04. The van der Waals surface area contributed by atoms with Crippen molar-refractivity contribution < 1.29 is 25.5 Å². The zero-order valence-electron chi connectivity index (χ0n) is 8.45. The zero-order valence-corrected chi connectivity index (χ0v) is 8.45. The van der Waals surface area contributed by atoms with E-state index in [0.29, 0.717) is 6.54 Å². The molecule has 0 bridgehead atoms. The van der Waals surface area contributed by atoms with Crippen LogP contribution in [0.4, 0.5) is 0 Å². The molecular formula is C9H19NO5. The van der Waals surface area contributed by atoms with Gasteiger partial charge in [-0.15, -0.1) is 6.58 Å². The minimum Gasteiger partial charge on any atom is -0.394 e. The lowest BCUT2D eigenvalue weighted by Crippen LogP contribution is -2.49. The molecule has 0 amide bonds. The standard InChI is InChI=1S/C9H19NO5/c1-2-3-10-4-6(12)8(14)9(15)7(13)5-11/h2,6-15H,1,3-5H2/t6-,7-,8-,9-/m1/s1. The van der Waals surface area contributed by atoms with Crippen LogP contribution in [0.2, 0.25) is 0 Å². The number of hydrogen-bond donors (Lipinski definition) is 6. The van der Waals surface area contributed by atoms with Crippen LogP contribution in [0.3, 0.4) is 0 Å². The van der Waals surface area contributed by atoms with Crippen molar-refractivity contribution in [2.45, 2.75) is 24.4 Å². The van der Waals surface area contributed by atoms with Crippen molar-refractivity contribution >= 4 is 0 Å². The van der Waals surface area contributed by atoms with E-state index in [9.17, 15) is 15.3 Å². The molecule has 6 N–H and O–H groups in total. The van der Waals surface area contributed by atoms with E-state index in [2.05, 4.69) is 11.9 Å². The molecule has 0 saturated heterocycles. The number of rotatable bonds is 8. The van der Waals surface area contributed by atoms with Crippen molar-refractivity contribution in [3.63, 3.8) is 0 Å². The quantitative estimate of drug-likeness (QED) is 0.195. The Hall–Kier alpha value is -0.500.